The van der Waals surface area contributed by atoms with Crippen LogP contribution in [0.3, 0.4) is 0 Å². The van der Waals surface area contributed by atoms with Gasteiger partial charge in [-0.1, -0.05) is 6.42 Å². The van der Waals surface area contributed by atoms with Crippen molar-refractivity contribution >= 4 is 6.09 Å². The second-order valence-electron chi connectivity index (χ2n) is 6.95. The molecule has 1 aliphatic heterocycles. The van der Waals surface area contributed by atoms with E-state index in [1.807, 2.05) is 20.8 Å². The second-order valence-corrected chi connectivity index (χ2v) is 6.95. The lowest BCUT2D eigenvalue weighted by Crippen LogP contribution is -2.61. The molecule has 19 heavy (non-hydrogen) atoms. The Morgan fingerprint density at radius 1 is 1.53 bits per heavy atom. The average molecular weight is 270 g/mol. The molecule has 3 N–H and O–H groups in total. The number of aliphatic hydroxyl groups is 1. The fourth-order valence-corrected chi connectivity index (χ4v) is 3.25. The molecule has 2 rings (SSSR count). The zero-order valence-corrected chi connectivity index (χ0v) is 12.2. The van der Waals surface area contributed by atoms with Crippen LogP contribution in [0.2, 0.25) is 0 Å². The van der Waals surface area contributed by atoms with Crippen molar-refractivity contribution in [1.29, 1.82) is 0 Å². The van der Waals surface area contributed by atoms with Gasteiger partial charge in [0.15, 0.2) is 0 Å². The van der Waals surface area contributed by atoms with E-state index < -0.39 is 11.7 Å². The Balaban J connectivity index is 1.92. The van der Waals surface area contributed by atoms with Crippen molar-refractivity contribution in [3.63, 3.8) is 0 Å². The number of alkyl carbamates (subject to hydrolysis) is 1. The predicted octanol–water partition coefficient (Wildman–Crippen LogP) is 1.26. The van der Waals surface area contributed by atoms with Crippen LogP contribution >= 0.6 is 0 Å². The molecule has 0 spiro atoms. The fraction of sp³-hybridized carbons (Fsp3) is 0.929. The van der Waals surface area contributed by atoms with Crippen LogP contribution in [0.25, 0.3) is 0 Å². The van der Waals surface area contributed by atoms with E-state index >= 15 is 0 Å². The van der Waals surface area contributed by atoms with Crippen LogP contribution in [-0.4, -0.2) is 42.5 Å². The zero-order valence-electron chi connectivity index (χ0n) is 12.2. The molecule has 1 heterocycles. The molecule has 0 aromatic heterocycles. The first-order valence-electron chi connectivity index (χ1n) is 7.18. The standard InChI is InChI=1S/C14H26N2O3/c1-13(2,3)19-12(18)16-9-14-6-4-5-10(11(14)17)7-15-8-14/h10-11,15,17H,4-9H2,1-3H3,(H,16,18)/t10-,11-,14-/m0/s1. The molecule has 5 nitrogen and oxygen atoms in total. The summed E-state index contributed by atoms with van der Waals surface area (Å²) in [5, 5.41) is 16.7. The molecule has 2 bridgehead atoms. The van der Waals surface area contributed by atoms with Crippen molar-refractivity contribution in [2.45, 2.75) is 51.7 Å². The molecular weight excluding hydrogens is 244 g/mol. The van der Waals surface area contributed by atoms with Gasteiger partial charge in [-0.25, -0.2) is 4.79 Å². The highest BCUT2D eigenvalue weighted by atomic mass is 16.6. The lowest BCUT2D eigenvalue weighted by molar-refractivity contribution is -0.0724. The molecule has 0 aromatic rings. The number of amides is 1. The van der Waals surface area contributed by atoms with E-state index in [-0.39, 0.29) is 11.5 Å². The van der Waals surface area contributed by atoms with Crippen LogP contribution in [-0.2, 0) is 4.74 Å². The number of hydrogen-bond acceptors (Lipinski definition) is 4. The molecule has 1 aliphatic carbocycles. The maximum Gasteiger partial charge on any atom is 0.407 e. The Morgan fingerprint density at radius 3 is 2.95 bits per heavy atom. The third-order valence-electron chi connectivity index (χ3n) is 4.19. The molecule has 2 aliphatic rings. The fourth-order valence-electron chi connectivity index (χ4n) is 3.25. The summed E-state index contributed by atoms with van der Waals surface area (Å²) in [7, 11) is 0. The number of hydrogen-bond donors (Lipinski definition) is 3. The molecule has 5 heteroatoms. The maximum absolute atomic E-state index is 11.7. The molecular formula is C14H26N2O3. The van der Waals surface area contributed by atoms with Crippen LogP contribution in [0.1, 0.15) is 40.0 Å². The van der Waals surface area contributed by atoms with Gasteiger partial charge in [-0.2, -0.15) is 0 Å². The summed E-state index contributed by atoms with van der Waals surface area (Å²) in [5.74, 6) is 0.322. The summed E-state index contributed by atoms with van der Waals surface area (Å²) in [6, 6.07) is 0. The Bertz CT molecular complexity index is 328. The van der Waals surface area contributed by atoms with Crippen LogP contribution < -0.4 is 10.6 Å². The maximum atomic E-state index is 11.7. The zero-order chi connectivity index (χ0) is 14.1. The van der Waals surface area contributed by atoms with Gasteiger partial charge in [-0.3, -0.25) is 0 Å². The van der Waals surface area contributed by atoms with Crippen molar-refractivity contribution in [2.75, 3.05) is 19.6 Å². The largest absolute Gasteiger partial charge is 0.444 e. The van der Waals surface area contributed by atoms with E-state index in [4.69, 9.17) is 4.74 Å². The van der Waals surface area contributed by atoms with Crippen LogP contribution in [0.5, 0.6) is 0 Å². The quantitative estimate of drug-likeness (QED) is 0.706. The first-order chi connectivity index (χ1) is 8.82. The van der Waals surface area contributed by atoms with Gasteiger partial charge in [0.05, 0.1) is 6.10 Å². The molecule has 1 saturated heterocycles. The normalized spacial score (nSPS) is 34.7. The van der Waals surface area contributed by atoms with E-state index in [0.29, 0.717) is 12.5 Å². The Labute approximate surface area is 115 Å². The van der Waals surface area contributed by atoms with Gasteiger partial charge in [0.25, 0.3) is 0 Å². The number of carbonyl (C=O) groups is 1. The minimum Gasteiger partial charge on any atom is -0.444 e. The number of ether oxygens (including phenoxy) is 1. The molecule has 0 aromatic carbocycles. The van der Waals surface area contributed by atoms with Crippen molar-refractivity contribution < 1.29 is 14.6 Å². The smallest absolute Gasteiger partial charge is 0.407 e. The summed E-state index contributed by atoms with van der Waals surface area (Å²) in [6.07, 6.45) is 2.43. The van der Waals surface area contributed by atoms with Crippen molar-refractivity contribution in [2.24, 2.45) is 11.3 Å². The Morgan fingerprint density at radius 2 is 2.26 bits per heavy atom. The summed E-state index contributed by atoms with van der Waals surface area (Å²) in [5.41, 5.74) is -0.710. The average Bonchev–Trinajstić information content (AvgIpc) is 2.25. The van der Waals surface area contributed by atoms with Gasteiger partial charge >= 0.3 is 6.09 Å². The minimum atomic E-state index is -0.486. The summed E-state index contributed by atoms with van der Waals surface area (Å²) in [6.45, 7) is 7.66. The molecule has 0 radical (unpaired) electrons. The summed E-state index contributed by atoms with van der Waals surface area (Å²) < 4.78 is 5.25. The topological polar surface area (TPSA) is 70.6 Å². The van der Waals surface area contributed by atoms with Gasteiger partial charge in [0.2, 0.25) is 0 Å². The van der Waals surface area contributed by atoms with E-state index in [1.54, 1.807) is 0 Å². The van der Waals surface area contributed by atoms with Crippen LogP contribution in [0, 0.1) is 11.3 Å². The highest BCUT2D eigenvalue weighted by Crippen LogP contribution is 2.41. The van der Waals surface area contributed by atoms with Gasteiger partial charge in [0, 0.05) is 25.0 Å². The lowest BCUT2D eigenvalue weighted by atomic mass is 9.65. The number of carbonyl (C=O) groups excluding carboxylic acids is 1. The van der Waals surface area contributed by atoms with E-state index in [0.717, 1.165) is 32.4 Å². The number of nitrogens with one attached hydrogen (secondary N) is 2. The van der Waals surface area contributed by atoms with Gasteiger partial charge in [0.1, 0.15) is 5.60 Å². The SMILES string of the molecule is CC(C)(C)OC(=O)NC[C@]12CCC[C@@H](CNC1)[C@@H]2O. The van der Waals surface area contributed by atoms with Crippen LogP contribution in [0.4, 0.5) is 4.79 Å². The first-order valence-corrected chi connectivity index (χ1v) is 7.18. The van der Waals surface area contributed by atoms with Crippen molar-refractivity contribution in [3.8, 4) is 0 Å². The van der Waals surface area contributed by atoms with Crippen molar-refractivity contribution in [1.82, 2.24) is 10.6 Å². The Hall–Kier alpha value is -0.810. The second kappa shape index (κ2) is 5.29. The molecule has 1 saturated carbocycles. The summed E-state index contributed by atoms with van der Waals surface area (Å²) >= 11 is 0. The highest BCUT2D eigenvalue weighted by Gasteiger charge is 2.47. The van der Waals surface area contributed by atoms with Crippen molar-refractivity contribution in [3.05, 3.63) is 0 Å². The first kappa shape index (κ1) is 14.6. The van der Waals surface area contributed by atoms with E-state index in [9.17, 15) is 9.90 Å². The number of fused-ring (bicyclic) bond motifs is 2. The molecule has 0 unspecified atom stereocenters. The van der Waals surface area contributed by atoms with E-state index in [1.165, 1.54) is 0 Å². The molecule has 3 atom stereocenters. The number of piperidine rings is 1. The van der Waals surface area contributed by atoms with Crippen LogP contribution in [0.15, 0.2) is 0 Å². The lowest BCUT2D eigenvalue weighted by Gasteiger charge is -2.49. The van der Waals surface area contributed by atoms with Gasteiger partial charge < -0.3 is 20.5 Å². The Kier molecular flexibility index (Phi) is 4.06. The van der Waals surface area contributed by atoms with E-state index in [2.05, 4.69) is 10.6 Å². The third-order valence-corrected chi connectivity index (χ3v) is 4.19. The van der Waals surface area contributed by atoms with Gasteiger partial charge in [-0.15, -0.1) is 0 Å². The minimum absolute atomic E-state index is 0.224. The molecule has 110 valence electrons. The summed E-state index contributed by atoms with van der Waals surface area (Å²) in [4.78, 5) is 11.7. The third kappa shape index (κ3) is 3.39. The highest BCUT2D eigenvalue weighted by molar-refractivity contribution is 5.67. The molecule has 1 amide bonds. The monoisotopic (exact) mass is 270 g/mol. The van der Waals surface area contributed by atoms with Gasteiger partial charge in [-0.05, 0) is 39.5 Å². The number of rotatable bonds is 2. The number of aliphatic hydroxyl groups excluding tert-OH is 1. The predicted molar refractivity (Wildman–Crippen MR) is 72.9 cm³/mol. The molecule has 2 fully saturated rings.